The summed E-state index contributed by atoms with van der Waals surface area (Å²) >= 11 is 0. The van der Waals surface area contributed by atoms with Crippen molar-refractivity contribution >= 4 is 17.5 Å². The fraction of sp³-hybridized carbons (Fsp3) is 0.500. The van der Waals surface area contributed by atoms with Crippen molar-refractivity contribution in [3.8, 4) is 0 Å². The SMILES string of the molecule is NC[C@H]1CCC[C@H]1C(=O)NCC(=O)Nc1cccnc1. The van der Waals surface area contributed by atoms with E-state index in [9.17, 15) is 9.59 Å². The lowest BCUT2D eigenvalue weighted by Crippen LogP contribution is -2.39. The molecule has 0 radical (unpaired) electrons. The number of carbonyl (C=O) groups excluding carboxylic acids is 2. The molecule has 6 nitrogen and oxygen atoms in total. The number of nitrogens with two attached hydrogens (primary N) is 1. The van der Waals surface area contributed by atoms with Crippen molar-refractivity contribution in [3.05, 3.63) is 24.5 Å². The van der Waals surface area contributed by atoms with Crippen molar-refractivity contribution < 1.29 is 9.59 Å². The van der Waals surface area contributed by atoms with Gasteiger partial charge in [0.05, 0.1) is 18.4 Å². The van der Waals surface area contributed by atoms with Crippen LogP contribution in [0.25, 0.3) is 0 Å². The van der Waals surface area contributed by atoms with Gasteiger partial charge in [-0.1, -0.05) is 6.42 Å². The third kappa shape index (κ3) is 3.77. The third-order valence-corrected chi connectivity index (χ3v) is 3.67. The Kier molecular flexibility index (Phi) is 5.06. The largest absolute Gasteiger partial charge is 0.347 e. The summed E-state index contributed by atoms with van der Waals surface area (Å²) in [6, 6.07) is 3.48. The fourth-order valence-corrected chi connectivity index (χ4v) is 2.60. The predicted molar refractivity (Wildman–Crippen MR) is 75.8 cm³/mol. The molecule has 1 aliphatic rings. The quantitative estimate of drug-likeness (QED) is 0.730. The van der Waals surface area contributed by atoms with Gasteiger partial charge >= 0.3 is 0 Å². The summed E-state index contributed by atoms with van der Waals surface area (Å²) in [5.41, 5.74) is 6.27. The molecule has 1 fully saturated rings. The first kappa shape index (κ1) is 14.5. The molecule has 0 bridgehead atoms. The number of rotatable bonds is 5. The Labute approximate surface area is 118 Å². The zero-order chi connectivity index (χ0) is 14.4. The van der Waals surface area contributed by atoms with Crippen LogP contribution in [0.2, 0.25) is 0 Å². The molecule has 1 aromatic heterocycles. The highest BCUT2D eigenvalue weighted by atomic mass is 16.2. The van der Waals surface area contributed by atoms with Gasteiger partial charge in [0, 0.05) is 12.1 Å². The van der Waals surface area contributed by atoms with Crippen LogP contribution in [0.5, 0.6) is 0 Å². The van der Waals surface area contributed by atoms with E-state index in [0.717, 1.165) is 19.3 Å². The molecule has 1 aromatic rings. The maximum Gasteiger partial charge on any atom is 0.243 e. The van der Waals surface area contributed by atoms with Crippen LogP contribution >= 0.6 is 0 Å². The summed E-state index contributed by atoms with van der Waals surface area (Å²) in [5, 5.41) is 5.35. The summed E-state index contributed by atoms with van der Waals surface area (Å²) in [6.07, 6.45) is 6.07. The predicted octanol–water partition coefficient (Wildman–Crippen LogP) is 0.511. The molecular weight excluding hydrogens is 256 g/mol. The molecule has 20 heavy (non-hydrogen) atoms. The van der Waals surface area contributed by atoms with Crippen LogP contribution in [0.3, 0.4) is 0 Å². The van der Waals surface area contributed by atoms with Crippen LogP contribution in [-0.4, -0.2) is 29.9 Å². The molecule has 0 aromatic carbocycles. The number of pyridine rings is 1. The molecule has 0 spiro atoms. The first-order chi connectivity index (χ1) is 9.70. The van der Waals surface area contributed by atoms with E-state index in [0.29, 0.717) is 12.2 Å². The average molecular weight is 276 g/mol. The molecule has 108 valence electrons. The van der Waals surface area contributed by atoms with Crippen LogP contribution in [0.1, 0.15) is 19.3 Å². The molecule has 0 saturated heterocycles. The molecule has 1 heterocycles. The summed E-state index contributed by atoms with van der Waals surface area (Å²) in [7, 11) is 0. The molecule has 6 heteroatoms. The van der Waals surface area contributed by atoms with Crippen molar-refractivity contribution in [2.24, 2.45) is 17.6 Å². The fourth-order valence-electron chi connectivity index (χ4n) is 2.60. The average Bonchev–Trinajstić information content (AvgIpc) is 2.94. The Morgan fingerprint density at radius 3 is 2.95 bits per heavy atom. The number of carbonyl (C=O) groups is 2. The Balaban J connectivity index is 1.77. The van der Waals surface area contributed by atoms with Crippen molar-refractivity contribution in [2.45, 2.75) is 19.3 Å². The van der Waals surface area contributed by atoms with E-state index < -0.39 is 0 Å². The van der Waals surface area contributed by atoms with Crippen LogP contribution in [0.15, 0.2) is 24.5 Å². The minimum atomic E-state index is -0.256. The van der Waals surface area contributed by atoms with Gasteiger partial charge in [0.2, 0.25) is 11.8 Å². The van der Waals surface area contributed by atoms with Crippen molar-refractivity contribution in [2.75, 3.05) is 18.4 Å². The molecule has 0 aliphatic heterocycles. The normalized spacial score (nSPS) is 21.4. The van der Waals surface area contributed by atoms with Gasteiger partial charge in [0.1, 0.15) is 0 Å². The Bertz CT molecular complexity index is 464. The Morgan fingerprint density at radius 1 is 1.40 bits per heavy atom. The smallest absolute Gasteiger partial charge is 0.243 e. The van der Waals surface area contributed by atoms with E-state index in [1.54, 1.807) is 24.5 Å². The molecule has 1 saturated carbocycles. The van der Waals surface area contributed by atoms with Gasteiger partial charge < -0.3 is 16.4 Å². The molecule has 2 rings (SSSR count). The zero-order valence-corrected chi connectivity index (χ0v) is 11.3. The molecule has 0 unspecified atom stereocenters. The highest BCUT2D eigenvalue weighted by Gasteiger charge is 2.31. The van der Waals surface area contributed by atoms with E-state index in [1.807, 2.05) is 0 Å². The van der Waals surface area contributed by atoms with E-state index in [1.165, 1.54) is 0 Å². The lowest BCUT2D eigenvalue weighted by atomic mass is 9.95. The van der Waals surface area contributed by atoms with Crippen LogP contribution in [0, 0.1) is 11.8 Å². The van der Waals surface area contributed by atoms with E-state index in [4.69, 9.17) is 5.73 Å². The van der Waals surface area contributed by atoms with Gasteiger partial charge in [-0.3, -0.25) is 14.6 Å². The van der Waals surface area contributed by atoms with Gasteiger partial charge in [-0.25, -0.2) is 0 Å². The monoisotopic (exact) mass is 276 g/mol. The minimum absolute atomic E-state index is 0.0263. The number of nitrogens with zero attached hydrogens (tertiary/aromatic N) is 1. The summed E-state index contributed by atoms with van der Waals surface area (Å²) in [6.45, 7) is 0.501. The molecular formula is C14H20N4O2. The van der Waals surface area contributed by atoms with Crippen LogP contribution in [-0.2, 0) is 9.59 Å². The number of aromatic nitrogens is 1. The van der Waals surface area contributed by atoms with Gasteiger partial charge in [-0.15, -0.1) is 0 Å². The highest BCUT2D eigenvalue weighted by molar-refractivity contribution is 5.94. The second-order valence-corrected chi connectivity index (χ2v) is 5.04. The van der Waals surface area contributed by atoms with Gasteiger partial charge in [0.15, 0.2) is 0 Å². The van der Waals surface area contributed by atoms with E-state index >= 15 is 0 Å². The van der Waals surface area contributed by atoms with Crippen LogP contribution < -0.4 is 16.4 Å². The number of hydrogen-bond acceptors (Lipinski definition) is 4. The first-order valence-electron chi connectivity index (χ1n) is 6.88. The number of hydrogen-bond donors (Lipinski definition) is 3. The summed E-state index contributed by atoms with van der Waals surface area (Å²) in [4.78, 5) is 27.6. The topological polar surface area (TPSA) is 97.1 Å². The molecule has 2 amide bonds. The maximum atomic E-state index is 12.0. The standard InChI is InChI=1S/C14H20N4O2/c15-7-10-3-1-5-12(10)14(20)17-9-13(19)18-11-4-2-6-16-8-11/h2,4,6,8,10,12H,1,3,5,7,9,15H2,(H,17,20)(H,18,19)/t10-,12-/m1/s1. The first-order valence-corrected chi connectivity index (χ1v) is 6.88. The summed E-state index contributed by atoms with van der Waals surface area (Å²) < 4.78 is 0. The lowest BCUT2D eigenvalue weighted by Gasteiger charge is -2.17. The van der Waals surface area contributed by atoms with Crippen molar-refractivity contribution in [1.82, 2.24) is 10.3 Å². The molecule has 2 atom stereocenters. The van der Waals surface area contributed by atoms with E-state index in [-0.39, 0.29) is 30.2 Å². The molecule has 1 aliphatic carbocycles. The van der Waals surface area contributed by atoms with Crippen LogP contribution in [0.4, 0.5) is 5.69 Å². The highest BCUT2D eigenvalue weighted by Crippen LogP contribution is 2.30. The number of nitrogens with one attached hydrogen (secondary N) is 2. The maximum absolute atomic E-state index is 12.0. The summed E-state index contributed by atoms with van der Waals surface area (Å²) in [5.74, 6) is -0.129. The second-order valence-electron chi connectivity index (χ2n) is 5.04. The second kappa shape index (κ2) is 7.00. The zero-order valence-electron chi connectivity index (χ0n) is 11.3. The Morgan fingerprint density at radius 2 is 2.25 bits per heavy atom. The van der Waals surface area contributed by atoms with E-state index in [2.05, 4.69) is 15.6 Å². The van der Waals surface area contributed by atoms with Gasteiger partial charge in [-0.05, 0) is 37.4 Å². The van der Waals surface area contributed by atoms with Gasteiger partial charge in [-0.2, -0.15) is 0 Å². The molecule has 4 N–H and O–H groups in total. The third-order valence-electron chi connectivity index (χ3n) is 3.67. The minimum Gasteiger partial charge on any atom is -0.347 e. The number of amides is 2. The lowest BCUT2D eigenvalue weighted by molar-refractivity contribution is -0.128. The van der Waals surface area contributed by atoms with Crippen molar-refractivity contribution in [1.29, 1.82) is 0 Å². The number of anilines is 1. The van der Waals surface area contributed by atoms with Gasteiger partial charge in [0.25, 0.3) is 0 Å². The van der Waals surface area contributed by atoms with Crippen molar-refractivity contribution in [3.63, 3.8) is 0 Å². The Hall–Kier alpha value is -1.95.